The Morgan fingerprint density at radius 1 is 1.44 bits per heavy atom. The van der Waals surface area contributed by atoms with Crippen molar-refractivity contribution in [1.82, 2.24) is 5.32 Å². The molecule has 0 bridgehead atoms. The number of amides is 1. The van der Waals surface area contributed by atoms with Crippen LogP contribution < -0.4 is 11.1 Å². The average Bonchev–Trinajstić information content (AvgIpc) is 2.15. The molecule has 0 aliphatic heterocycles. The van der Waals surface area contributed by atoms with E-state index in [4.69, 9.17) is 5.73 Å². The maximum absolute atomic E-state index is 11.9. The molecule has 1 amide bonds. The average molecular weight is 244 g/mol. The molecule has 3 nitrogen and oxygen atoms in total. The summed E-state index contributed by atoms with van der Waals surface area (Å²) in [5.74, 6) is 1.83. The summed E-state index contributed by atoms with van der Waals surface area (Å²) in [7, 11) is 0. The highest BCUT2D eigenvalue weighted by Crippen LogP contribution is 2.28. The second-order valence-corrected chi connectivity index (χ2v) is 6.12. The lowest BCUT2D eigenvalue weighted by Crippen LogP contribution is -2.55. The van der Waals surface area contributed by atoms with Crippen LogP contribution in [-0.2, 0) is 4.79 Å². The summed E-state index contributed by atoms with van der Waals surface area (Å²) >= 11 is 1.75. The Balaban J connectivity index is 4.02. The molecule has 4 heteroatoms. The van der Waals surface area contributed by atoms with Crippen LogP contribution >= 0.6 is 11.8 Å². The molecule has 0 aromatic carbocycles. The zero-order chi connectivity index (χ0) is 12.8. The number of thioether (sulfide) groups is 1. The highest BCUT2D eigenvalue weighted by molar-refractivity contribution is 7.99. The number of carbonyl (C=O) groups excluding carboxylic acids is 1. The molecule has 0 heterocycles. The van der Waals surface area contributed by atoms with Gasteiger partial charge in [0.05, 0.1) is 5.41 Å². The van der Waals surface area contributed by atoms with Crippen LogP contribution in [0.4, 0.5) is 0 Å². The first kappa shape index (κ1) is 15.5. The number of hydrogen-bond donors (Lipinski definition) is 2. The fourth-order valence-electron chi connectivity index (χ4n) is 0.917. The largest absolute Gasteiger partial charge is 0.355 e. The van der Waals surface area contributed by atoms with E-state index in [-0.39, 0.29) is 5.91 Å². The van der Waals surface area contributed by atoms with Gasteiger partial charge in [-0.25, -0.2) is 0 Å². The molecule has 0 radical (unpaired) electrons. The molecule has 0 fully saturated rings. The molecular formula is C12H24N2OS. The molecular weight excluding hydrogens is 220 g/mol. The SMILES string of the molecule is C=CCSCCNC(=O)C(C)(C)C(C)(C)N. The van der Waals surface area contributed by atoms with Crippen LogP contribution in [0, 0.1) is 5.41 Å². The fourth-order valence-corrected chi connectivity index (χ4v) is 1.50. The predicted molar refractivity (Wildman–Crippen MR) is 72.6 cm³/mol. The van der Waals surface area contributed by atoms with E-state index in [0.29, 0.717) is 6.54 Å². The van der Waals surface area contributed by atoms with Crippen LogP contribution in [0.15, 0.2) is 12.7 Å². The molecule has 0 unspecified atom stereocenters. The van der Waals surface area contributed by atoms with Crippen LogP contribution in [0.3, 0.4) is 0 Å². The minimum absolute atomic E-state index is 0.0132. The van der Waals surface area contributed by atoms with Crippen molar-refractivity contribution in [2.24, 2.45) is 11.1 Å². The minimum atomic E-state index is -0.559. The van der Waals surface area contributed by atoms with Crippen molar-refractivity contribution in [3.05, 3.63) is 12.7 Å². The van der Waals surface area contributed by atoms with Gasteiger partial charge in [-0.05, 0) is 27.7 Å². The Hall–Kier alpha value is -0.480. The van der Waals surface area contributed by atoms with Gasteiger partial charge in [-0.2, -0.15) is 11.8 Å². The fraction of sp³-hybridized carbons (Fsp3) is 0.750. The third-order valence-corrected chi connectivity index (χ3v) is 3.91. The summed E-state index contributed by atoms with van der Waals surface area (Å²) in [5.41, 5.74) is 4.90. The lowest BCUT2D eigenvalue weighted by atomic mass is 9.74. The van der Waals surface area contributed by atoms with Crippen molar-refractivity contribution in [2.75, 3.05) is 18.1 Å². The highest BCUT2D eigenvalue weighted by Gasteiger charge is 2.39. The number of carbonyl (C=O) groups is 1. The van der Waals surface area contributed by atoms with Crippen LogP contribution in [0.5, 0.6) is 0 Å². The van der Waals surface area contributed by atoms with Gasteiger partial charge in [-0.15, -0.1) is 6.58 Å². The first-order valence-electron chi connectivity index (χ1n) is 5.49. The summed E-state index contributed by atoms with van der Waals surface area (Å²) in [4.78, 5) is 11.9. The molecule has 0 atom stereocenters. The summed E-state index contributed by atoms with van der Waals surface area (Å²) < 4.78 is 0. The predicted octanol–water partition coefficient (Wildman–Crippen LogP) is 1.79. The second kappa shape index (κ2) is 6.30. The quantitative estimate of drug-likeness (QED) is 0.530. The van der Waals surface area contributed by atoms with E-state index in [9.17, 15) is 4.79 Å². The molecule has 0 aliphatic rings. The molecule has 0 saturated heterocycles. The summed E-state index contributed by atoms with van der Waals surface area (Å²) in [6.45, 7) is 11.8. The Labute approximate surface area is 103 Å². The molecule has 0 aromatic rings. The van der Waals surface area contributed by atoms with Gasteiger partial charge in [-0.3, -0.25) is 4.79 Å². The normalized spacial score (nSPS) is 12.3. The lowest BCUT2D eigenvalue weighted by Gasteiger charge is -2.36. The van der Waals surface area contributed by atoms with Gasteiger partial charge in [0.1, 0.15) is 0 Å². The van der Waals surface area contributed by atoms with Crippen molar-refractivity contribution < 1.29 is 4.79 Å². The van der Waals surface area contributed by atoms with Crippen LogP contribution in [-0.4, -0.2) is 29.5 Å². The van der Waals surface area contributed by atoms with E-state index in [1.54, 1.807) is 11.8 Å². The molecule has 16 heavy (non-hydrogen) atoms. The molecule has 0 aliphatic carbocycles. The molecule has 0 aromatic heterocycles. The van der Waals surface area contributed by atoms with Crippen molar-refractivity contribution in [3.63, 3.8) is 0 Å². The van der Waals surface area contributed by atoms with Crippen molar-refractivity contribution in [3.8, 4) is 0 Å². The van der Waals surface area contributed by atoms with E-state index >= 15 is 0 Å². The van der Waals surface area contributed by atoms with Gasteiger partial charge in [0, 0.05) is 23.6 Å². The molecule has 0 spiro atoms. The van der Waals surface area contributed by atoms with Crippen molar-refractivity contribution in [1.29, 1.82) is 0 Å². The first-order chi connectivity index (χ1) is 7.23. The van der Waals surface area contributed by atoms with E-state index in [1.165, 1.54) is 0 Å². The first-order valence-corrected chi connectivity index (χ1v) is 6.64. The van der Waals surface area contributed by atoms with Crippen LogP contribution in [0.1, 0.15) is 27.7 Å². The Kier molecular flexibility index (Phi) is 6.11. The summed E-state index contributed by atoms with van der Waals surface area (Å²) in [6, 6.07) is 0. The van der Waals surface area contributed by atoms with E-state index in [2.05, 4.69) is 11.9 Å². The summed E-state index contributed by atoms with van der Waals surface area (Å²) in [5, 5.41) is 2.91. The topological polar surface area (TPSA) is 55.1 Å². The Morgan fingerprint density at radius 2 is 2.00 bits per heavy atom. The molecule has 0 rings (SSSR count). The second-order valence-electron chi connectivity index (χ2n) is 4.97. The maximum atomic E-state index is 11.9. The smallest absolute Gasteiger partial charge is 0.227 e. The zero-order valence-electron chi connectivity index (χ0n) is 10.8. The molecule has 94 valence electrons. The molecule has 3 N–H and O–H groups in total. The number of hydrogen-bond acceptors (Lipinski definition) is 3. The number of nitrogens with one attached hydrogen (secondary N) is 1. The standard InChI is InChI=1S/C12H24N2OS/c1-6-8-16-9-7-14-10(15)11(2,3)12(4,5)13/h6H,1,7-9,13H2,2-5H3,(H,14,15). The van der Waals surface area contributed by atoms with Gasteiger partial charge >= 0.3 is 0 Å². The minimum Gasteiger partial charge on any atom is -0.355 e. The van der Waals surface area contributed by atoms with Gasteiger partial charge in [0.2, 0.25) is 5.91 Å². The third kappa shape index (κ3) is 4.58. The third-order valence-electron chi connectivity index (χ3n) is 2.95. The van der Waals surface area contributed by atoms with Gasteiger partial charge < -0.3 is 11.1 Å². The van der Waals surface area contributed by atoms with E-state index < -0.39 is 11.0 Å². The van der Waals surface area contributed by atoms with Crippen LogP contribution in [0.2, 0.25) is 0 Å². The van der Waals surface area contributed by atoms with Gasteiger partial charge in [0.25, 0.3) is 0 Å². The summed E-state index contributed by atoms with van der Waals surface area (Å²) in [6.07, 6.45) is 1.86. The monoisotopic (exact) mass is 244 g/mol. The highest BCUT2D eigenvalue weighted by atomic mass is 32.2. The number of nitrogens with two attached hydrogens (primary N) is 1. The zero-order valence-corrected chi connectivity index (χ0v) is 11.6. The van der Waals surface area contributed by atoms with E-state index in [0.717, 1.165) is 11.5 Å². The lowest BCUT2D eigenvalue weighted by molar-refractivity contribution is -0.132. The Bertz CT molecular complexity index is 244. The van der Waals surface area contributed by atoms with Gasteiger partial charge in [-0.1, -0.05) is 6.08 Å². The number of rotatable bonds is 7. The van der Waals surface area contributed by atoms with Gasteiger partial charge in [0.15, 0.2) is 0 Å². The maximum Gasteiger partial charge on any atom is 0.227 e. The van der Waals surface area contributed by atoms with Crippen molar-refractivity contribution in [2.45, 2.75) is 33.2 Å². The van der Waals surface area contributed by atoms with E-state index in [1.807, 2.05) is 33.8 Å². The Morgan fingerprint density at radius 3 is 2.44 bits per heavy atom. The van der Waals surface area contributed by atoms with Crippen LogP contribution in [0.25, 0.3) is 0 Å². The van der Waals surface area contributed by atoms with Crippen molar-refractivity contribution >= 4 is 17.7 Å². The molecule has 0 saturated carbocycles.